The van der Waals surface area contributed by atoms with Gasteiger partial charge >= 0.3 is 0 Å². The lowest BCUT2D eigenvalue weighted by Gasteiger charge is -2.38. The summed E-state index contributed by atoms with van der Waals surface area (Å²) in [5, 5.41) is 3.33. The van der Waals surface area contributed by atoms with Crippen molar-refractivity contribution in [2.24, 2.45) is 11.8 Å². The van der Waals surface area contributed by atoms with Gasteiger partial charge in [-0.1, -0.05) is 43.7 Å². The lowest BCUT2D eigenvalue weighted by molar-refractivity contribution is -0.132. The summed E-state index contributed by atoms with van der Waals surface area (Å²) < 4.78 is 0. The number of amides is 1. The van der Waals surface area contributed by atoms with Crippen LogP contribution in [-0.2, 0) is 4.79 Å². The fraction of sp³-hybridized carbons (Fsp3) is 0.632. The van der Waals surface area contributed by atoms with E-state index in [2.05, 4.69) is 47.5 Å². The summed E-state index contributed by atoms with van der Waals surface area (Å²) in [5.41, 5.74) is 1.44. The largest absolute Gasteiger partial charge is 0.341 e. The van der Waals surface area contributed by atoms with E-state index in [9.17, 15) is 4.79 Å². The van der Waals surface area contributed by atoms with Crippen molar-refractivity contribution in [3.63, 3.8) is 0 Å². The molecule has 2 atom stereocenters. The molecule has 1 aromatic rings. The van der Waals surface area contributed by atoms with E-state index in [0.717, 1.165) is 38.4 Å². The average Bonchev–Trinajstić information content (AvgIpc) is 3.39. The molecule has 0 radical (unpaired) electrons. The molecule has 2 aliphatic rings. The monoisotopic (exact) mass is 300 g/mol. The molecule has 1 aliphatic carbocycles. The zero-order chi connectivity index (χ0) is 15.4. The van der Waals surface area contributed by atoms with Crippen LogP contribution in [0.2, 0.25) is 0 Å². The Balaban J connectivity index is 1.53. The van der Waals surface area contributed by atoms with Gasteiger partial charge in [0.1, 0.15) is 0 Å². The topological polar surface area (TPSA) is 32.3 Å². The molecule has 1 amide bonds. The van der Waals surface area contributed by atoms with Gasteiger partial charge in [-0.3, -0.25) is 4.79 Å². The summed E-state index contributed by atoms with van der Waals surface area (Å²) in [6, 6.07) is 10.8. The van der Waals surface area contributed by atoms with Crippen molar-refractivity contribution in [3.8, 4) is 0 Å². The summed E-state index contributed by atoms with van der Waals surface area (Å²) in [5.74, 6) is 2.31. The highest BCUT2D eigenvalue weighted by Crippen LogP contribution is 2.34. The highest BCUT2D eigenvalue weighted by Gasteiger charge is 2.31. The molecule has 1 aliphatic heterocycles. The third kappa shape index (κ3) is 3.89. The summed E-state index contributed by atoms with van der Waals surface area (Å²) in [4.78, 5) is 14.4. The Hall–Kier alpha value is -1.35. The van der Waals surface area contributed by atoms with Crippen LogP contribution in [-0.4, -0.2) is 37.0 Å². The summed E-state index contributed by atoms with van der Waals surface area (Å²) in [6.45, 7) is 5.60. The van der Waals surface area contributed by atoms with Crippen LogP contribution in [0.15, 0.2) is 30.3 Å². The highest BCUT2D eigenvalue weighted by molar-refractivity contribution is 5.78. The van der Waals surface area contributed by atoms with Crippen molar-refractivity contribution in [2.45, 2.75) is 38.5 Å². The zero-order valence-electron chi connectivity index (χ0n) is 13.6. The minimum absolute atomic E-state index is 0.283. The van der Waals surface area contributed by atoms with Crippen molar-refractivity contribution in [1.29, 1.82) is 0 Å². The van der Waals surface area contributed by atoms with E-state index < -0.39 is 0 Å². The molecule has 2 fully saturated rings. The standard InChI is InChI=1S/C19H28N2O/c1-2-16-14-21(19(22)13-20-12-15-8-9-15)11-10-18(16)17-6-4-3-5-7-17/h3-7,15-16,18,20H,2,8-14H2,1H3. The van der Waals surface area contributed by atoms with Crippen molar-refractivity contribution >= 4 is 5.91 Å². The fourth-order valence-electron chi connectivity index (χ4n) is 3.63. The normalized spacial score (nSPS) is 25.2. The lowest BCUT2D eigenvalue weighted by atomic mass is 9.79. The van der Waals surface area contributed by atoms with Gasteiger partial charge in [-0.05, 0) is 49.1 Å². The van der Waals surface area contributed by atoms with Gasteiger partial charge in [-0.25, -0.2) is 0 Å². The molecule has 2 unspecified atom stereocenters. The Kier molecular flexibility index (Phi) is 5.14. The van der Waals surface area contributed by atoms with Crippen LogP contribution in [0.1, 0.15) is 44.1 Å². The Morgan fingerprint density at radius 2 is 2.00 bits per heavy atom. The first-order chi connectivity index (χ1) is 10.8. The van der Waals surface area contributed by atoms with Crippen LogP contribution >= 0.6 is 0 Å². The molecule has 0 aromatic heterocycles. The number of piperidine rings is 1. The van der Waals surface area contributed by atoms with Crippen molar-refractivity contribution < 1.29 is 4.79 Å². The number of carbonyl (C=O) groups is 1. The number of carbonyl (C=O) groups excluding carboxylic acids is 1. The number of likely N-dealkylation sites (tertiary alicyclic amines) is 1. The molecule has 1 aromatic carbocycles. The minimum Gasteiger partial charge on any atom is -0.341 e. The molecule has 1 N–H and O–H groups in total. The van der Waals surface area contributed by atoms with Crippen molar-refractivity contribution in [3.05, 3.63) is 35.9 Å². The van der Waals surface area contributed by atoms with Crippen LogP contribution in [0, 0.1) is 11.8 Å². The van der Waals surface area contributed by atoms with Crippen LogP contribution < -0.4 is 5.32 Å². The van der Waals surface area contributed by atoms with Crippen LogP contribution in [0.25, 0.3) is 0 Å². The van der Waals surface area contributed by atoms with Crippen LogP contribution in [0.3, 0.4) is 0 Å². The number of rotatable bonds is 6. The second kappa shape index (κ2) is 7.28. The quantitative estimate of drug-likeness (QED) is 0.876. The molecular formula is C19H28N2O. The van der Waals surface area contributed by atoms with Crippen molar-refractivity contribution in [1.82, 2.24) is 10.2 Å². The Morgan fingerprint density at radius 3 is 2.68 bits per heavy atom. The first-order valence-corrected chi connectivity index (χ1v) is 8.81. The molecule has 0 spiro atoms. The first-order valence-electron chi connectivity index (χ1n) is 8.81. The SMILES string of the molecule is CCC1CN(C(=O)CNCC2CC2)CCC1c1ccccc1. The van der Waals surface area contributed by atoms with E-state index in [1.165, 1.54) is 18.4 Å². The molecule has 3 rings (SSSR count). The minimum atomic E-state index is 0.283. The molecule has 1 saturated heterocycles. The second-order valence-electron chi connectivity index (χ2n) is 6.89. The molecule has 120 valence electrons. The summed E-state index contributed by atoms with van der Waals surface area (Å²) >= 11 is 0. The van der Waals surface area contributed by atoms with Crippen LogP contribution in [0.5, 0.6) is 0 Å². The molecule has 1 saturated carbocycles. The van der Waals surface area contributed by atoms with Gasteiger partial charge in [-0.2, -0.15) is 0 Å². The van der Waals surface area contributed by atoms with E-state index in [0.29, 0.717) is 18.4 Å². The summed E-state index contributed by atoms with van der Waals surface area (Å²) in [7, 11) is 0. The molecule has 0 bridgehead atoms. The second-order valence-corrected chi connectivity index (χ2v) is 6.89. The maximum absolute atomic E-state index is 12.4. The molecule has 22 heavy (non-hydrogen) atoms. The van der Waals surface area contributed by atoms with E-state index in [1.807, 2.05) is 0 Å². The third-order valence-electron chi connectivity index (χ3n) is 5.24. The highest BCUT2D eigenvalue weighted by atomic mass is 16.2. The molecule has 3 heteroatoms. The lowest BCUT2D eigenvalue weighted by Crippen LogP contribution is -2.46. The predicted molar refractivity (Wildman–Crippen MR) is 89.8 cm³/mol. The number of nitrogens with zero attached hydrogens (tertiary/aromatic N) is 1. The number of hydrogen-bond donors (Lipinski definition) is 1. The van der Waals surface area contributed by atoms with Gasteiger partial charge in [0.05, 0.1) is 6.54 Å². The Labute approximate surface area is 134 Å². The smallest absolute Gasteiger partial charge is 0.236 e. The van der Waals surface area contributed by atoms with E-state index in [4.69, 9.17) is 0 Å². The predicted octanol–water partition coefficient (Wildman–Crippen LogP) is 3.03. The average molecular weight is 300 g/mol. The van der Waals surface area contributed by atoms with Gasteiger partial charge in [0.25, 0.3) is 0 Å². The number of hydrogen-bond acceptors (Lipinski definition) is 2. The number of benzene rings is 1. The Bertz CT molecular complexity index is 483. The van der Waals surface area contributed by atoms with Gasteiger partial charge < -0.3 is 10.2 Å². The van der Waals surface area contributed by atoms with Gasteiger partial charge in [-0.15, -0.1) is 0 Å². The van der Waals surface area contributed by atoms with Gasteiger partial charge in [0, 0.05) is 13.1 Å². The van der Waals surface area contributed by atoms with E-state index in [1.54, 1.807) is 0 Å². The van der Waals surface area contributed by atoms with E-state index >= 15 is 0 Å². The fourth-order valence-corrected chi connectivity index (χ4v) is 3.63. The third-order valence-corrected chi connectivity index (χ3v) is 5.24. The van der Waals surface area contributed by atoms with Crippen molar-refractivity contribution in [2.75, 3.05) is 26.2 Å². The number of nitrogens with one attached hydrogen (secondary N) is 1. The molecule has 3 nitrogen and oxygen atoms in total. The van der Waals surface area contributed by atoms with Gasteiger partial charge in [0.15, 0.2) is 0 Å². The van der Waals surface area contributed by atoms with E-state index in [-0.39, 0.29) is 5.91 Å². The summed E-state index contributed by atoms with van der Waals surface area (Å²) in [6.07, 6.45) is 4.90. The first kappa shape index (κ1) is 15.5. The molecular weight excluding hydrogens is 272 g/mol. The van der Waals surface area contributed by atoms with Crippen LogP contribution in [0.4, 0.5) is 0 Å². The van der Waals surface area contributed by atoms with Gasteiger partial charge in [0.2, 0.25) is 5.91 Å². The maximum Gasteiger partial charge on any atom is 0.236 e. The maximum atomic E-state index is 12.4. The zero-order valence-corrected chi connectivity index (χ0v) is 13.6. The molecule has 1 heterocycles. The Morgan fingerprint density at radius 1 is 1.23 bits per heavy atom.